The molecular formula is C44H34N10O7. The molecule has 0 atom stereocenters. The summed E-state index contributed by atoms with van der Waals surface area (Å²) in [5, 5.41) is 6.49. The highest BCUT2D eigenvalue weighted by Crippen LogP contribution is 2.41. The third-order valence-corrected chi connectivity index (χ3v) is 10.3. The van der Waals surface area contributed by atoms with Gasteiger partial charge in [-0.2, -0.15) is 0 Å². The van der Waals surface area contributed by atoms with E-state index in [1.165, 1.54) is 0 Å². The van der Waals surface area contributed by atoms with Gasteiger partial charge in [-0.1, -0.05) is 84.9 Å². The van der Waals surface area contributed by atoms with Gasteiger partial charge in [-0.05, 0) is 12.5 Å². The second kappa shape index (κ2) is 15.6. The average Bonchev–Trinajstić information content (AvgIpc) is 4.07. The summed E-state index contributed by atoms with van der Waals surface area (Å²) in [4.78, 5) is 89.5. The van der Waals surface area contributed by atoms with Gasteiger partial charge in [0.1, 0.15) is 28.3 Å². The van der Waals surface area contributed by atoms with E-state index in [4.69, 9.17) is 44.2 Å². The molecule has 17 nitrogen and oxygen atoms in total. The Bertz CT molecular complexity index is 3100. The number of H-pyrrole nitrogens is 2. The maximum Gasteiger partial charge on any atom is 0.407 e. The number of aromatic nitrogens is 8. The van der Waals surface area contributed by atoms with Crippen molar-refractivity contribution in [3.63, 3.8) is 0 Å². The minimum atomic E-state index is -0.740. The van der Waals surface area contributed by atoms with E-state index in [0.29, 0.717) is 74.2 Å². The van der Waals surface area contributed by atoms with Gasteiger partial charge in [0.05, 0.1) is 18.8 Å². The first-order valence-corrected chi connectivity index (χ1v) is 19.7. The molecule has 3 aromatic heterocycles. The van der Waals surface area contributed by atoms with Crippen molar-refractivity contribution in [2.45, 2.75) is 32.1 Å². The molecule has 10 rings (SSSR count). The number of hydrogen-bond acceptors (Lipinski definition) is 13. The maximum absolute atomic E-state index is 12.3. The number of rotatable bonds is 10. The third kappa shape index (κ3) is 7.11. The van der Waals surface area contributed by atoms with Crippen LogP contribution < -0.4 is 10.1 Å². The topological polar surface area (TPSA) is 220 Å². The molecule has 3 aliphatic heterocycles. The van der Waals surface area contributed by atoms with Crippen LogP contribution >= 0.6 is 0 Å². The van der Waals surface area contributed by atoms with Gasteiger partial charge in [0.15, 0.2) is 23.3 Å². The number of hydroxylamine groups is 2. The number of nitrogens with zero attached hydrogens (tertiary/aromatic N) is 7. The normalized spacial score (nSPS) is 13.0. The number of aromatic amines is 2. The standard InChI is InChI=1S/C44H34N10O7/c55-32-19-20-33(56)54(32)61-34(57)18-8-21-45-44(58)60-23-9-22-59-31-17-7-16-30-35(31)43-52-41-29-15-6-5-14-28(29)39(50-41)48-37-25-11-2-1-10-24(25)36(46-37)47-38-26-12-3-4-13-27(26)40(49-38)51-42(30)53-43/h1-7,10-17H,8-9,18-23H2,(H,45,58)(H2,46,47,48,49,50,51,52,53). The fourth-order valence-corrected chi connectivity index (χ4v) is 7.46. The van der Waals surface area contributed by atoms with Crippen LogP contribution in [0, 0.1) is 0 Å². The molecular weight excluding hydrogens is 781 g/mol. The predicted octanol–water partition coefficient (Wildman–Crippen LogP) is 6.75. The van der Waals surface area contributed by atoms with Crippen LogP contribution in [0.3, 0.4) is 0 Å². The molecule has 1 fully saturated rings. The number of carbonyl (C=O) groups excluding carboxylic acids is 4. The largest absolute Gasteiger partial charge is 0.493 e. The first-order chi connectivity index (χ1) is 29.9. The molecule has 61 heavy (non-hydrogen) atoms. The van der Waals surface area contributed by atoms with Crippen molar-refractivity contribution in [2.24, 2.45) is 0 Å². The Morgan fingerprint density at radius 1 is 0.590 bits per heavy atom. The monoisotopic (exact) mass is 814 g/mol. The highest BCUT2D eigenvalue weighted by Gasteiger charge is 2.32. The molecule has 3 amide bonds. The SMILES string of the molecule is O=C(CCCNC(=O)OCCCOc1cccc2c1-c1nc-2nc2[nH]c(nc3nc(nc4[nH]c(n1)c1ccccc41)-c1ccccc1-3)c1ccccc21)ON1C(=O)CCC1=O. The quantitative estimate of drug-likeness (QED) is 0.0962. The number of carbonyl (C=O) groups is 4. The zero-order valence-corrected chi connectivity index (χ0v) is 32.3. The molecule has 0 aliphatic carbocycles. The second-order valence-corrected chi connectivity index (χ2v) is 14.3. The van der Waals surface area contributed by atoms with Crippen LogP contribution in [0.4, 0.5) is 4.79 Å². The van der Waals surface area contributed by atoms with Crippen LogP contribution in [-0.2, 0) is 24.0 Å². The van der Waals surface area contributed by atoms with Gasteiger partial charge < -0.3 is 29.6 Å². The number of alkyl carbamates (subject to hydrolysis) is 1. The molecule has 6 heterocycles. The van der Waals surface area contributed by atoms with E-state index in [1.807, 2.05) is 91.0 Å². The van der Waals surface area contributed by atoms with Crippen molar-refractivity contribution in [3.8, 4) is 51.3 Å². The summed E-state index contributed by atoms with van der Waals surface area (Å²) in [7, 11) is 0. The van der Waals surface area contributed by atoms with E-state index in [-0.39, 0.29) is 45.4 Å². The van der Waals surface area contributed by atoms with Gasteiger partial charge in [-0.25, -0.2) is 39.5 Å². The smallest absolute Gasteiger partial charge is 0.407 e. The number of hydrogen-bond donors (Lipinski definition) is 3. The first-order valence-electron chi connectivity index (χ1n) is 19.7. The number of ether oxygens (including phenoxy) is 2. The van der Waals surface area contributed by atoms with E-state index < -0.39 is 23.9 Å². The summed E-state index contributed by atoms with van der Waals surface area (Å²) < 4.78 is 11.6. The number of imide groups is 1. The number of amides is 3. The van der Waals surface area contributed by atoms with Gasteiger partial charge in [0.2, 0.25) is 0 Å². The number of benzene rings is 4. The van der Waals surface area contributed by atoms with Crippen molar-refractivity contribution in [3.05, 3.63) is 91.0 Å². The molecule has 3 N–H and O–H groups in total. The summed E-state index contributed by atoms with van der Waals surface area (Å²) in [6, 6.07) is 29.2. The molecule has 1 saturated heterocycles. The summed E-state index contributed by atoms with van der Waals surface area (Å²) in [5.41, 5.74) is 5.37. The second-order valence-electron chi connectivity index (χ2n) is 14.3. The van der Waals surface area contributed by atoms with Gasteiger partial charge in [0, 0.05) is 70.5 Å². The fraction of sp³-hybridized carbons (Fsp3) is 0.182. The van der Waals surface area contributed by atoms with Gasteiger partial charge >= 0.3 is 12.1 Å². The first kappa shape index (κ1) is 37.2. The molecule has 0 radical (unpaired) electrons. The van der Waals surface area contributed by atoms with Gasteiger partial charge in [-0.3, -0.25) is 9.59 Å². The van der Waals surface area contributed by atoms with E-state index >= 15 is 0 Å². The molecule has 17 heteroatoms. The lowest BCUT2D eigenvalue weighted by atomic mass is 10.1. The summed E-state index contributed by atoms with van der Waals surface area (Å²) in [5.74, 6) is 0.534. The highest BCUT2D eigenvalue weighted by atomic mass is 16.7. The summed E-state index contributed by atoms with van der Waals surface area (Å²) in [6.45, 7) is 0.384. The molecule has 3 aliphatic rings. The molecule has 0 spiro atoms. The lowest BCUT2D eigenvalue weighted by molar-refractivity contribution is -0.197. The number of fused-ring (bicyclic) bond motifs is 20. The maximum atomic E-state index is 12.3. The Balaban J connectivity index is 0.930. The van der Waals surface area contributed by atoms with E-state index in [9.17, 15) is 19.2 Å². The zero-order valence-electron chi connectivity index (χ0n) is 32.3. The Morgan fingerprint density at radius 3 is 1.69 bits per heavy atom. The van der Waals surface area contributed by atoms with Crippen LogP contribution in [0.5, 0.6) is 5.75 Å². The molecule has 0 saturated carbocycles. The molecule has 7 aromatic rings. The van der Waals surface area contributed by atoms with Gasteiger partial charge in [0.25, 0.3) is 11.8 Å². The number of nitrogens with one attached hydrogen (secondary N) is 3. The Morgan fingerprint density at radius 2 is 1.10 bits per heavy atom. The Labute approximate surface area is 345 Å². The van der Waals surface area contributed by atoms with Crippen LogP contribution in [-0.4, -0.2) is 88.6 Å². The van der Waals surface area contributed by atoms with Crippen molar-refractivity contribution in [1.82, 2.24) is 50.3 Å². The minimum Gasteiger partial charge on any atom is -0.493 e. The van der Waals surface area contributed by atoms with Crippen molar-refractivity contribution in [2.75, 3.05) is 19.8 Å². The lowest BCUT2D eigenvalue weighted by Gasteiger charge is -2.12. The van der Waals surface area contributed by atoms with Crippen LogP contribution in [0.1, 0.15) is 32.1 Å². The fourth-order valence-electron chi connectivity index (χ4n) is 7.46. The average molecular weight is 815 g/mol. The lowest BCUT2D eigenvalue weighted by Crippen LogP contribution is -2.32. The molecule has 8 bridgehead atoms. The van der Waals surface area contributed by atoms with Crippen molar-refractivity contribution < 1.29 is 33.5 Å². The van der Waals surface area contributed by atoms with Crippen LogP contribution in [0.2, 0.25) is 0 Å². The summed E-state index contributed by atoms with van der Waals surface area (Å²) in [6.07, 6.45) is -0.147. The van der Waals surface area contributed by atoms with Crippen LogP contribution in [0.25, 0.3) is 89.7 Å². The summed E-state index contributed by atoms with van der Waals surface area (Å²) >= 11 is 0. The highest BCUT2D eigenvalue weighted by molar-refractivity contribution is 6.06. The zero-order chi connectivity index (χ0) is 41.5. The molecule has 302 valence electrons. The third-order valence-electron chi connectivity index (χ3n) is 10.3. The van der Waals surface area contributed by atoms with Crippen LogP contribution in [0.15, 0.2) is 91.0 Å². The Hall–Kier alpha value is -8.08. The van der Waals surface area contributed by atoms with E-state index in [2.05, 4.69) is 15.3 Å². The minimum absolute atomic E-state index is 0.0145. The van der Waals surface area contributed by atoms with E-state index in [1.54, 1.807) is 0 Å². The predicted molar refractivity (Wildman–Crippen MR) is 222 cm³/mol. The molecule has 0 unspecified atom stereocenters. The van der Waals surface area contributed by atoms with E-state index in [0.717, 1.165) is 32.7 Å². The van der Waals surface area contributed by atoms with Gasteiger partial charge in [-0.15, -0.1) is 5.06 Å². The Kier molecular flexibility index (Phi) is 9.51. The van der Waals surface area contributed by atoms with Crippen molar-refractivity contribution in [1.29, 1.82) is 0 Å². The van der Waals surface area contributed by atoms with Crippen molar-refractivity contribution >= 4 is 68.0 Å². The molecule has 4 aromatic carbocycles.